The summed E-state index contributed by atoms with van der Waals surface area (Å²) in [6.45, 7) is 1.76. The molecule has 0 unspecified atom stereocenters. The minimum absolute atomic E-state index is 0.103. The van der Waals surface area contributed by atoms with E-state index in [1.165, 1.54) is 0 Å². The van der Waals surface area contributed by atoms with Crippen LogP contribution in [0.3, 0.4) is 0 Å². The molecule has 0 bridgehead atoms. The number of benzene rings is 1. The van der Waals surface area contributed by atoms with Crippen molar-refractivity contribution in [3.63, 3.8) is 0 Å². The Morgan fingerprint density at radius 2 is 2.08 bits per heavy atom. The number of nitrogens with one attached hydrogen (secondary N) is 2. The van der Waals surface area contributed by atoms with Crippen molar-refractivity contribution in [3.8, 4) is 5.69 Å². The summed E-state index contributed by atoms with van der Waals surface area (Å²) in [5, 5.41) is 10.2. The number of aromatic nitrogens is 2. The fraction of sp³-hybridized carbons (Fsp3) is 0.389. The molecule has 0 aliphatic rings. The van der Waals surface area contributed by atoms with Crippen LogP contribution in [0, 0.1) is 0 Å². The highest BCUT2D eigenvalue weighted by molar-refractivity contribution is 5.86. The summed E-state index contributed by atoms with van der Waals surface area (Å²) in [6, 6.07) is 9.94. The van der Waals surface area contributed by atoms with E-state index in [4.69, 9.17) is 4.74 Å². The first-order valence-electron chi connectivity index (χ1n) is 8.40. The van der Waals surface area contributed by atoms with E-state index in [0.29, 0.717) is 25.7 Å². The Balaban J connectivity index is 1.86. The zero-order valence-electron chi connectivity index (χ0n) is 15.5. The number of guanidine groups is 1. The topological polar surface area (TPSA) is 83.8 Å². The predicted molar refractivity (Wildman–Crippen MR) is 101 cm³/mol. The molecular weight excluding hydrogens is 332 g/mol. The van der Waals surface area contributed by atoms with Gasteiger partial charge in [0.25, 0.3) is 0 Å². The number of carbonyl (C=O) groups excluding carboxylic acids is 1. The van der Waals surface area contributed by atoms with Gasteiger partial charge in [-0.25, -0.2) is 4.68 Å². The number of aliphatic imine (C=N–C) groups is 1. The number of amides is 1. The van der Waals surface area contributed by atoms with E-state index in [9.17, 15) is 4.79 Å². The number of para-hydroxylation sites is 1. The van der Waals surface area contributed by atoms with Gasteiger partial charge in [-0.2, -0.15) is 5.10 Å². The number of hydrogen-bond acceptors (Lipinski definition) is 4. The molecule has 2 aromatic rings. The van der Waals surface area contributed by atoms with Gasteiger partial charge in [0.1, 0.15) is 0 Å². The fourth-order valence-electron chi connectivity index (χ4n) is 2.41. The SMILES string of the molecule is CN=C(NCC(=O)NCCOC)N(C)Cc1cnn(-c2ccccc2)c1. The third-order valence-corrected chi connectivity index (χ3v) is 3.69. The molecule has 140 valence electrons. The maximum atomic E-state index is 11.8. The van der Waals surface area contributed by atoms with Crippen LogP contribution >= 0.6 is 0 Å². The normalized spacial score (nSPS) is 11.3. The van der Waals surface area contributed by atoms with E-state index in [1.807, 2.05) is 59.4 Å². The lowest BCUT2D eigenvalue weighted by atomic mass is 10.3. The van der Waals surface area contributed by atoms with Gasteiger partial charge in [-0.1, -0.05) is 18.2 Å². The van der Waals surface area contributed by atoms with E-state index in [2.05, 4.69) is 20.7 Å². The van der Waals surface area contributed by atoms with Crippen molar-refractivity contribution < 1.29 is 9.53 Å². The van der Waals surface area contributed by atoms with Crippen molar-refractivity contribution in [1.29, 1.82) is 0 Å². The lowest BCUT2D eigenvalue weighted by Crippen LogP contribution is -2.44. The summed E-state index contributed by atoms with van der Waals surface area (Å²) in [7, 11) is 5.20. The average molecular weight is 358 g/mol. The third kappa shape index (κ3) is 5.89. The number of carbonyl (C=O) groups is 1. The molecule has 0 fully saturated rings. The maximum absolute atomic E-state index is 11.8. The van der Waals surface area contributed by atoms with Crippen molar-refractivity contribution in [2.24, 2.45) is 4.99 Å². The molecule has 0 radical (unpaired) electrons. The van der Waals surface area contributed by atoms with E-state index < -0.39 is 0 Å². The number of hydrogen-bond donors (Lipinski definition) is 2. The largest absolute Gasteiger partial charge is 0.383 e. The lowest BCUT2D eigenvalue weighted by Gasteiger charge is -2.21. The van der Waals surface area contributed by atoms with Gasteiger partial charge in [0, 0.05) is 46.1 Å². The van der Waals surface area contributed by atoms with Gasteiger partial charge in [-0.05, 0) is 12.1 Å². The second-order valence-corrected chi connectivity index (χ2v) is 5.73. The van der Waals surface area contributed by atoms with Gasteiger partial charge < -0.3 is 20.3 Å². The molecule has 1 amide bonds. The summed E-state index contributed by atoms with van der Waals surface area (Å²) < 4.78 is 6.74. The molecule has 1 heterocycles. The van der Waals surface area contributed by atoms with Crippen molar-refractivity contribution in [3.05, 3.63) is 48.3 Å². The highest BCUT2D eigenvalue weighted by Gasteiger charge is 2.10. The summed E-state index contributed by atoms with van der Waals surface area (Å²) in [5.74, 6) is 0.535. The van der Waals surface area contributed by atoms with Gasteiger partial charge in [-0.15, -0.1) is 0 Å². The molecule has 1 aromatic carbocycles. The van der Waals surface area contributed by atoms with Crippen molar-refractivity contribution in [2.45, 2.75) is 6.54 Å². The van der Waals surface area contributed by atoms with E-state index in [-0.39, 0.29) is 12.5 Å². The molecule has 2 N–H and O–H groups in total. The molecule has 0 aliphatic heterocycles. The Labute approximate surface area is 153 Å². The first-order chi connectivity index (χ1) is 12.6. The van der Waals surface area contributed by atoms with Gasteiger partial charge >= 0.3 is 0 Å². The standard InChI is InChI=1S/C18H26N6O2/c1-19-18(21-12-17(25)20-9-10-26-3)23(2)13-15-11-22-24(14-15)16-7-5-4-6-8-16/h4-8,11,14H,9-10,12-13H2,1-3H3,(H,19,21)(H,20,25). The Bertz CT molecular complexity index is 713. The molecule has 1 aromatic heterocycles. The third-order valence-electron chi connectivity index (χ3n) is 3.69. The second kappa shape index (κ2) is 10.2. The maximum Gasteiger partial charge on any atom is 0.239 e. The Kier molecular flexibility index (Phi) is 7.63. The molecule has 2 rings (SSSR count). The van der Waals surface area contributed by atoms with Gasteiger partial charge in [0.15, 0.2) is 5.96 Å². The minimum Gasteiger partial charge on any atom is -0.383 e. The van der Waals surface area contributed by atoms with Crippen LogP contribution in [0.25, 0.3) is 5.69 Å². The minimum atomic E-state index is -0.103. The Hall–Kier alpha value is -2.87. The van der Waals surface area contributed by atoms with Crippen LogP contribution in [0.5, 0.6) is 0 Å². The summed E-state index contributed by atoms with van der Waals surface area (Å²) in [6.07, 6.45) is 3.81. The second-order valence-electron chi connectivity index (χ2n) is 5.73. The molecule has 0 atom stereocenters. The van der Waals surface area contributed by atoms with Crippen molar-refractivity contribution >= 4 is 11.9 Å². The van der Waals surface area contributed by atoms with Crippen molar-refractivity contribution in [2.75, 3.05) is 40.9 Å². The Morgan fingerprint density at radius 1 is 1.31 bits per heavy atom. The van der Waals surface area contributed by atoms with Crippen LogP contribution in [0.4, 0.5) is 0 Å². The fourth-order valence-corrected chi connectivity index (χ4v) is 2.41. The molecule has 0 saturated heterocycles. The van der Waals surface area contributed by atoms with E-state index >= 15 is 0 Å². The number of methoxy groups -OCH3 is 1. The summed E-state index contributed by atoms with van der Waals surface area (Å²) in [5.41, 5.74) is 2.06. The number of rotatable bonds is 8. The quantitative estimate of drug-likeness (QED) is 0.411. The van der Waals surface area contributed by atoms with Gasteiger partial charge in [0.05, 0.1) is 25.0 Å². The van der Waals surface area contributed by atoms with E-state index in [1.54, 1.807) is 14.2 Å². The predicted octanol–water partition coefficient (Wildman–Crippen LogP) is 0.642. The van der Waals surface area contributed by atoms with E-state index in [0.717, 1.165) is 11.3 Å². The van der Waals surface area contributed by atoms with Crippen molar-refractivity contribution in [1.82, 2.24) is 25.3 Å². The highest BCUT2D eigenvalue weighted by Crippen LogP contribution is 2.09. The van der Waals surface area contributed by atoms with Gasteiger partial charge in [0.2, 0.25) is 5.91 Å². The molecule has 26 heavy (non-hydrogen) atoms. The van der Waals surface area contributed by atoms with Gasteiger partial charge in [-0.3, -0.25) is 9.79 Å². The molecule has 0 aliphatic carbocycles. The van der Waals surface area contributed by atoms with Crippen LogP contribution < -0.4 is 10.6 Å². The molecule has 0 saturated carbocycles. The first kappa shape index (κ1) is 19.5. The van der Waals surface area contributed by atoms with Crippen LogP contribution in [0.1, 0.15) is 5.56 Å². The monoisotopic (exact) mass is 358 g/mol. The molecule has 8 heteroatoms. The summed E-state index contributed by atoms with van der Waals surface area (Å²) >= 11 is 0. The van der Waals surface area contributed by atoms with Crippen LogP contribution in [-0.4, -0.2) is 67.4 Å². The Morgan fingerprint density at radius 3 is 2.77 bits per heavy atom. The van der Waals surface area contributed by atoms with Crippen LogP contribution in [0.2, 0.25) is 0 Å². The summed E-state index contributed by atoms with van der Waals surface area (Å²) in [4.78, 5) is 17.9. The molecule has 0 spiro atoms. The molecular formula is C18H26N6O2. The molecule has 8 nitrogen and oxygen atoms in total. The van der Waals surface area contributed by atoms with Crippen LogP contribution in [-0.2, 0) is 16.1 Å². The number of nitrogens with zero attached hydrogens (tertiary/aromatic N) is 4. The highest BCUT2D eigenvalue weighted by atomic mass is 16.5. The lowest BCUT2D eigenvalue weighted by molar-refractivity contribution is -0.120. The number of ether oxygens (including phenoxy) is 1. The average Bonchev–Trinajstić information content (AvgIpc) is 3.11. The zero-order chi connectivity index (χ0) is 18.8. The first-order valence-corrected chi connectivity index (χ1v) is 8.40. The smallest absolute Gasteiger partial charge is 0.239 e. The zero-order valence-corrected chi connectivity index (χ0v) is 15.5. The van der Waals surface area contributed by atoms with Crippen LogP contribution in [0.15, 0.2) is 47.7 Å².